The van der Waals surface area contributed by atoms with Gasteiger partial charge in [-0.1, -0.05) is 11.6 Å². The molecule has 0 spiro atoms. The molecule has 0 saturated carbocycles. The van der Waals surface area contributed by atoms with Gasteiger partial charge in [0.15, 0.2) is 6.10 Å². The first kappa shape index (κ1) is 18.3. The van der Waals surface area contributed by atoms with Crippen LogP contribution in [0.1, 0.15) is 36.5 Å². The molecule has 1 heterocycles. The summed E-state index contributed by atoms with van der Waals surface area (Å²) in [7, 11) is 0. The van der Waals surface area contributed by atoms with Gasteiger partial charge >= 0.3 is 5.97 Å². The smallest absolute Gasteiger partial charge is 0.308 e. The molecule has 0 aromatic heterocycles. The maximum absolute atomic E-state index is 12.0. The van der Waals surface area contributed by atoms with E-state index in [4.69, 9.17) is 16.3 Å². The highest BCUT2D eigenvalue weighted by atomic mass is 35.5. The van der Waals surface area contributed by atoms with Crippen LogP contribution in [-0.2, 0) is 14.3 Å². The molecule has 0 aliphatic carbocycles. The summed E-state index contributed by atoms with van der Waals surface area (Å²) in [5.74, 6) is -0.960. The van der Waals surface area contributed by atoms with Crippen molar-refractivity contribution < 1.29 is 19.1 Å². The predicted octanol–water partition coefficient (Wildman–Crippen LogP) is 2.01. The number of ether oxygens (including phenoxy) is 1. The monoisotopic (exact) mass is 352 g/mol. The average molecular weight is 353 g/mol. The number of carbonyl (C=O) groups excluding carboxylic acids is 3. The van der Waals surface area contributed by atoms with Crippen molar-refractivity contribution in [1.29, 1.82) is 0 Å². The molecule has 6 nitrogen and oxygen atoms in total. The standard InChI is InChI=1S/C17H21ClN2O4/c1-12(17(23)20-10-2-3-11-20)24-15(21)8-9-19-16(22)13-4-6-14(18)7-5-13/h4-7,12H,2-3,8-11H2,1H3,(H,19,22)/t12-/m0/s1. The largest absolute Gasteiger partial charge is 0.452 e. The molecule has 0 bridgehead atoms. The third-order valence-electron chi connectivity index (χ3n) is 3.79. The van der Waals surface area contributed by atoms with E-state index in [-0.39, 0.29) is 24.8 Å². The van der Waals surface area contributed by atoms with E-state index in [9.17, 15) is 14.4 Å². The number of esters is 1. The fourth-order valence-electron chi connectivity index (χ4n) is 2.48. The van der Waals surface area contributed by atoms with Gasteiger partial charge in [-0.25, -0.2) is 0 Å². The van der Waals surface area contributed by atoms with E-state index in [0.29, 0.717) is 10.6 Å². The molecule has 130 valence electrons. The van der Waals surface area contributed by atoms with Gasteiger partial charge in [-0.3, -0.25) is 14.4 Å². The average Bonchev–Trinajstić information content (AvgIpc) is 3.09. The molecular formula is C17H21ClN2O4. The minimum atomic E-state index is -0.789. The van der Waals surface area contributed by atoms with Gasteiger partial charge in [0, 0.05) is 30.2 Å². The van der Waals surface area contributed by atoms with E-state index in [1.807, 2.05) is 0 Å². The van der Waals surface area contributed by atoms with Crippen molar-refractivity contribution in [3.05, 3.63) is 34.9 Å². The quantitative estimate of drug-likeness (QED) is 0.795. The highest BCUT2D eigenvalue weighted by molar-refractivity contribution is 6.30. The molecule has 1 aliphatic heterocycles. The first-order valence-corrected chi connectivity index (χ1v) is 8.37. The van der Waals surface area contributed by atoms with E-state index < -0.39 is 12.1 Å². The third-order valence-corrected chi connectivity index (χ3v) is 4.05. The molecule has 1 N–H and O–H groups in total. The van der Waals surface area contributed by atoms with Crippen LogP contribution in [0.4, 0.5) is 0 Å². The Bertz CT molecular complexity index is 597. The normalized spacial score (nSPS) is 15.0. The van der Waals surface area contributed by atoms with Gasteiger partial charge in [-0.05, 0) is 44.0 Å². The highest BCUT2D eigenvalue weighted by Crippen LogP contribution is 2.11. The lowest BCUT2D eigenvalue weighted by Gasteiger charge is -2.20. The van der Waals surface area contributed by atoms with Gasteiger partial charge < -0.3 is 15.0 Å². The Kier molecular flexibility index (Phi) is 6.61. The molecule has 0 unspecified atom stereocenters. The maximum Gasteiger partial charge on any atom is 0.308 e. The Balaban J connectivity index is 1.69. The van der Waals surface area contributed by atoms with Gasteiger partial charge in [0.25, 0.3) is 11.8 Å². The fraction of sp³-hybridized carbons (Fsp3) is 0.471. The number of carbonyl (C=O) groups is 3. The number of likely N-dealkylation sites (tertiary alicyclic amines) is 1. The Morgan fingerprint density at radius 1 is 1.21 bits per heavy atom. The van der Waals surface area contributed by atoms with Crippen molar-refractivity contribution in [2.45, 2.75) is 32.3 Å². The molecule has 1 saturated heterocycles. The molecule has 1 fully saturated rings. The van der Waals surface area contributed by atoms with Crippen molar-refractivity contribution in [2.75, 3.05) is 19.6 Å². The summed E-state index contributed by atoms with van der Waals surface area (Å²) in [5.41, 5.74) is 0.463. The Morgan fingerprint density at radius 2 is 1.83 bits per heavy atom. The second kappa shape index (κ2) is 8.68. The molecule has 7 heteroatoms. The highest BCUT2D eigenvalue weighted by Gasteiger charge is 2.25. The van der Waals surface area contributed by atoms with Crippen molar-refractivity contribution in [3.63, 3.8) is 0 Å². The van der Waals surface area contributed by atoms with Crippen LogP contribution >= 0.6 is 11.6 Å². The van der Waals surface area contributed by atoms with Crippen molar-refractivity contribution in [2.24, 2.45) is 0 Å². The van der Waals surface area contributed by atoms with Crippen LogP contribution in [0.25, 0.3) is 0 Å². The molecule has 24 heavy (non-hydrogen) atoms. The van der Waals surface area contributed by atoms with E-state index >= 15 is 0 Å². The Morgan fingerprint density at radius 3 is 2.46 bits per heavy atom. The van der Waals surface area contributed by atoms with Crippen LogP contribution in [0.15, 0.2) is 24.3 Å². The van der Waals surface area contributed by atoms with E-state index in [2.05, 4.69) is 5.32 Å². The van der Waals surface area contributed by atoms with Gasteiger partial charge in [0.05, 0.1) is 6.42 Å². The van der Waals surface area contributed by atoms with E-state index in [1.54, 1.807) is 36.1 Å². The minimum Gasteiger partial charge on any atom is -0.452 e. The molecule has 0 radical (unpaired) electrons. The lowest BCUT2D eigenvalue weighted by Crippen LogP contribution is -2.38. The Hall–Kier alpha value is -2.08. The van der Waals surface area contributed by atoms with Crippen molar-refractivity contribution in [3.8, 4) is 0 Å². The topological polar surface area (TPSA) is 75.7 Å². The van der Waals surface area contributed by atoms with Crippen molar-refractivity contribution in [1.82, 2.24) is 10.2 Å². The summed E-state index contributed by atoms with van der Waals surface area (Å²) < 4.78 is 5.13. The summed E-state index contributed by atoms with van der Waals surface area (Å²) in [6.07, 6.45) is 1.20. The van der Waals surface area contributed by atoms with Gasteiger partial charge in [-0.2, -0.15) is 0 Å². The molecule has 2 amide bonds. The predicted molar refractivity (Wildman–Crippen MR) is 89.8 cm³/mol. The lowest BCUT2D eigenvalue weighted by atomic mass is 10.2. The number of nitrogens with one attached hydrogen (secondary N) is 1. The van der Waals surface area contributed by atoms with E-state index in [1.165, 1.54) is 0 Å². The number of hydrogen-bond donors (Lipinski definition) is 1. The summed E-state index contributed by atoms with van der Waals surface area (Å²) in [4.78, 5) is 37.4. The number of benzene rings is 1. The van der Waals surface area contributed by atoms with Crippen LogP contribution in [0, 0.1) is 0 Å². The SMILES string of the molecule is C[C@H](OC(=O)CCNC(=O)c1ccc(Cl)cc1)C(=O)N1CCCC1. The molecule has 1 aromatic rings. The second-order valence-electron chi connectivity index (χ2n) is 5.68. The first-order valence-electron chi connectivity index (χ1n) is 7.99. The van der Waals surface area contributed by atoms with Gasteiger partial charge in [0.1, 0.15) is 0 Å². The number of amides is 2. The molecular weight excluding hydrogens is 332 g/mol. The molecule has 1 aromatic carbocycles. The minimum absolute atomic E-state index is 0.0109. The number of rotatable bonds is 6. The van der Waals surface area contributed by atoms with Crippen LogP contribution in [-0.4, -0.2) is 48.4 Å². The summed E-state index contributed by atoms with van der Waals surface area (Å²) >= 11 is 5.76. The molecule has 1 atom stereocenters. The number of halogens is 1. The zero-order valence-corrected chi connectivity index (χ0v) is 14.3. The van der Waals surface area contributed by atoms with Gasteiger partial charge in [0.2, 0.25) is 0 Å². The van der Waals surface area contributed by atoms with E-state index in [0.717, 1.165) is 25.9 Å². The zero-order chi connectivity index (χ0) is 17.5. The number of hydrogen-bond acceptors (Lipinski definition) is 4. The van der Waals surface area contributed by atoms with Crippen LogP contribution in [0.5, 0.6) is 0 Å². The fourth-order valence-corrected chi connectivity index (χ4v) is 2.61. The number of nitrogens with zero attached hydrogens (tertiary/aromatic N) is 1. The summed E-state index contributed by atoms with van der Waals surface area (Å²) in [6, 6.07) is 6.45. The maximum atomic E-state index is 12.0. The summed E-state index contributed by atoms with van der Waals surface area (Å²) in [6.45, 7) is 3.16. The Labute approximate surface area is 146 Å². The lowest BCUT2D eigenvalue weighted by molar-refractivity contribution is -0.158. The third kappa shape index (κ3) is 5.23. The zero-order valence-electron chi connectivity index (χ0n) is 13.6. The van der Waals surface area contributed by atoms with Crippen LogP contribution in [0.3, 0.4) is 0 Å². The van der Waals surface area contributed by atoms with Crippen LogP contribution < -0.4 is 5.32 Å². The van der Waals surface area contributed by atoms with Crippen molar-refractivity contribution >= 4 is 29.4 Å². The van der Waals surface area contributed by atoms with Gasteiger partial charge in [-0.15, -0.1) is 0 Å². The first-order chi connectivity index (χ1) is 11.5. The second-order valence-corrected chi connectivity index (χ2v) is 6.11. The molecule has 1 aliphatic rings. The van der Waals surface area contributed by atoms with Crippen LogP contribution in [0.2, 0.25) is 5.02 Å². The molecule has 2 rings (SSSR count). The summed E-state index contributed by atoms with van der Waals surface area (Å²) in [5, 5.41) is 3.18.